The maximum Gasteiger partial charge on any atom is 0.225 e. The first-order valence-corrected chi connectivity index (χ1v) is 11.6. The van der Waals surface area contributed by atoms with Crippen LogP contribution in [0.3, 0.4) is 0 Å². The summed E-state index contributed by atoms with van der Waals surface area (Å²) in [6.45, 7) is 7.54. The van der Waals surface area contributed by atoms with Gasteiger partial charge in [-0.15, -0.1) is 0 Å². The first-order chi connectivity index (χ1) is 14.2. The lowest BCUT2D eigenvalue weighted by atomic mass is 9.60. The lowest BCUT2D eigenvalue weighted by molar-refractivity contribution is -0.141. The number of amides is 1. The summed E-state index contributed by atoms with van der Waals surface area (Å²) in [7, 11) is 1.88. The summed E-state index contributed by atoms with van der Waals surface area (Å²) in [5, 5.41) is 3.79. The Hall–Kier alpha value is -1.34. The lowest BCUT2D eigenvalue weighted by Crippen LogP contribution is -2.65. The molecule has 2 aliphatic carbocycles. The molecule has 1 amide bonds. The van der Waals surface area contributed by atoms with E-state index in [4.69, 9.17) is 9.47 Å². The van der Waals surface area contributed by atoms with E-state index in [-0.39, 0.29) is 5.92 Å². The number of ether oxygens (including phenoxy) is 2. The summed E-state index contributed by atoms with van der Waals surface area (Å²) < 4.78 is 11.4. The number of nitrogens with one attached hydrogen (secondary N) is 1. The van der Waals surface area contributed by atoms with Gasteiger partial charge >= 0.3 is 0 Å². The van der Waals surface area contributed by atoms with Crippen molar-refractivity contribution >= 4 is 11.9 Å². The highest BCUT2D eigenvalue weighted by molar-refractivity contribution is 5.82. The average Bonchev–Trinajstić information content (AvgIpc) is 3.29. The van der Waals surface area contributed by atoms with E-state index in [0.29, 0.717) is 36.7 Å². The maximum atomic E-state index is 12.8. The second-order valence-electron chi connectivity index (χ2n) is 9.06. The molecule has 0 bridgehead atoms. The third kappa shape index (κ3) is 4.13. The van der Waals surface area contributed by atoms with Crippen LogP contribution in [0.4, 0.5) is 0 Å². The minimum absolute atomic E-state index is 0.148. The summed E-state index contributed by atoms with van der Waals surface area (Å²) >= 11 is 0. The Balaban J connectivity index is 1.30. The first-order valence-electron chi connectivity index (χ1n) is 11.6. The highest BCUT2D eigenvalue weighted by Gasteiger charge is 2.57. The van der Waals surface area contributed by atoms with Crippen molar-refractivity contribution < 1.29 is 14.3 Å². The number of nitrogens with zero attached hydrogens (tertiary/aromatic N) is 3. The highest BCUT2D eigenvalue weighted by Crippen LogP contribution is 2.54. The number of carbonyl (C=O) groups excluding carboxylic acids is 1. The van der Waals surface area contributed by atoms with Crippen LogP contribution < -0.4 is 5.32 Å². The van der Waals surface area contributed by atoms with Crippen LogP contribution in [0.15, 0.2) is 4.99 Å². The third-order valence-corrected chi connectivity index (χ3v) is 7.67. The molecule has 2 aliphatic heterocycles. The molecule has 2 saturated carbocycles. The zero-order chi connectivity index (χ0) is 20.3. The number of morpholine rings is 1. The summed E-state index contributed by atoms with van der Waals surface area (Å²) in [4.78, 5) is 21.7. The average molecular weight is 407 g/mol. The van der Waals surface area contributed by atoms with Gasteiger partial charge in [0.2, 0.25) is 5.91 Å². The second-order valence-corrected chi connectivity index (χ2v) is 9.06. The molecule has 4 rings (SSSR count). The van der Waals surface area contributed by atoms with Gasteiger partial charge in [-0.2, -0.15) is 0 Å². The normalized spacial score (nSPS) is 30.5. The summed E-state index contributed by atoms with van der Waals surface area (Å²) in [6.07, 6.45) is 8.47. The van der Waals surface area contributed by atoms with Crippen molar-refractivity contribution in [1.29, 1.82) is 0 Å². The quantitative estimate of drug-likeness (QED) is 0.570. The molecular weight excluding hydrogens is 368 g/mol. The molecule has 0 aromatic heterocycles. The summed E-state index contributed by atoms with van der Waals surface area (Å²) in [5.74, 6) is 1.47. The van der Waals surface area contributed by atoms with E-state index in [1.165, 1.54) is 25.7 Å². The van der Waals surface area contributed by atoms with Crippen molar-refractivity contribution in [2.75, 3.05) is 53.0 Å². The lowest BCUT2D eigenvalue weighted by Gasteiger charge is -2.55. The molecule has 1 spiro atoms. The van der Waals surface area contributed by atoms with Gasteiger partial charge in [0, 0.05) is 57.2 Å². The molecule has 2 heterocycles. The van der Waals surface area contributed by atoms with E-state index in [2.05, 4.69) is 22.1 Å². The van der Waals surface area contributed by atoms with Gasteiger partial charge in [0.1, 0.15) is 0 Å². The number of hydrogen-bond donors (Lipinski definition) is 1. The van der Waals surface area contributed by atoms with Crippen molar-refractivity contribution in [1.82, 2.24) is 15.1 Å². The minimum atomic E-state index is 0.148. The zero-order valence-electron chi connectivity index (χ0n) is 18.2. The van der Waals surface area contributed by atoms with Crippen LogP contribution in [0.2, 0.25) is 0 Å². The van der Waals surface area contributed by atoms with Gasteiger partial charge in [0.25, 0.3) is 0 Å². The van der Waals surface area contributed by atoms with Crippen LogP contribution in [0, 0.1) is 11.3 Å². The van der Waals surface area contributed by atoms with Crippen LogP contribution in [-0.4, -0.2) is 86.9 Å². The smallest absolute Gasteiger partial charge is 0.225 e. The van der Waals surface area contributed by atoms with E-state index >= 15 is 0 Å². The minimum Gasteiger partial charge on any atom is -0.378 e. The van der Waals surface area contributed by atoms with Gasteiger partial charge in [-0.3, -0.25) is 9.79 Å². The van der Waals surface area contributed by atoms with Gasteiger partial charge in [0.15, 0.2) is 5.96 Å². The molecule has 2 saturated heterocycles. The molecule has 4 aliphatic rings. The fraction of sp³-hybridized carbons (Fsp3) is 0.909. The van der Waals surface area contributed by atoms with Gasteiger partial charge in [-0.1, -0.05) is 12.8 Å². The summed E-state index contributed by atoms with van der Waals surface area (Å²) in [6, 6.07) is 0.466. The molecule has 29 heavy (non-hydrogen) atoms. The topological polar surface area (TPSA) is 66.4 Å². The summed E-state index contributed by atoms with van der Waals surface area (Å²) in [5.41, 5.74) is 0.302. The van der Waals surface area contributed by atoms with E-state index in [0.717, 1.165) is 58.0 Å². The Morgan fingerprint density at radius 3 is 2.45 bits per heavy atom. The molecule has 164 valence electrons. The van der Waals surface area contributed by atoms with Crippen LogP contribution in [-0.2, 0) is 14.3 Å². The number of guanidine groups is 1. The van der Waals surface area contributed by atoms with Gasteiger partial charge in [-0.25, -0.2) is 0 Å². The van der Waals surface area contributed by atoms with Gasteiger partial charge in [-0.05, 0) is 39.0 Å². The predicted molar refractivity (Wildman–Crippen MR) is 113 cm³/mol. The fourth-order valence-corrected chi connectivity index (χ4v) is 5.92. The van der Waals surface area contributed by atoms with E-state index in [1.54, 1.807) is 0 Å². The molecular formula is C22H38N4O3. The first kappa shape index (κ1) is 20.9. The molecule has 0 aromatic rings. The van der Waals surface area contributed by atoms with E-state index in [9.17, 15) is 4.79 Å². The Kier molecular flexibility index (Phi) is 6.64. The van der Waals surface area contributed by atoms with Crippen molar-refractivity contribution in [3.63, 3.8) is 0 Å². The van der Waals surface area contributed by atoms with E-state index in [1.807, 2.05) is 11.9 Å². The number of piperidine rings is 1. The molecule has 1 N–H and O–H groups in total. The van der Waals surface area contributed by atoms with Crippen molar-refractivity contribution in [3.05, 3.63) is 0 Å². The highest BCUT2D eigenvalue weighted by atomic mass is 16.5. The third-order valence-electron chi connectivity index (χ3n) is 7.67. The van der Waals surface area contributed by atoms with Gasteiger partial charge < -0.3 is 24.6 Å². The molecule has 7 nitrogen and oxygen atoms in total. The van der Waals surface area contributed by atoms with E-state index < -0.39 is 0 Å². The van der Waals surface area contributed by atoms with Gasteiger partial charge in [0.05, 0.1) is 19.3 Å². The van der Waals surface area contributed by atoms with Crippen LogP contribution >= 0.6 is 0 Å². The molecule has 2 unspecified atom stereocenters. The van der Waals surface area contributed by atoms with Crippen molar-refractivity contribution in [2.45, 2.75) is 64.0 Å². The maximum absolute atomic E-state index is 12.8. The van der Waals surface area contributed by atoms with Crippen molar-refractivity contribution in [2.24, 2.45) is 16.3 Å². The second kappa shape index (κ2) is 9.21. The molecule has 0 aromatic carbocycles. The molecule has 7 heteroatoms. The van der Waals surface area contributed by atoms with Crippen LogP contribution in [0.1, 0.15) is 51.9 Å². The van der Waals surface area contributed by atoms with Crippen LogP contribution in [0.25, 0.3) is 0 Å². The largest absolute Gasteiger partial charge is 0.378 e. The number of carbonyl (C=O) groups is 1. The Labute approximate surface area is 175 Å². The Bertz CT molecular complexity index is 591. The number of likely N-dealkylation sites (tertiary alicyclic amines) is 1. The SMILES string of the molecule is CCOC1CC(NC(=NC)N2CCC(C(=O)N3CCOCC3)CC2)C12CCCC2. The Morgan fingerprint density at radius 2 is 1.83 bits per heavy atom. The zero-order valence-corrected chi connectivity index (χ0v) is 18.2. The number of hydrogen-bond acceptors (Lipinski definition) is 4. The standard InChI is InChI=1S/C22H38N4O3/c1-3-29-19-16-18(22(19)8-4-5-9-22)24-21(23-2)26-10-6-17(7-11-26)20(27)25-12-14-28-15-13-25/h17-19H,3-16H2,1-2H3,(H,23,24). The number of aliphatic imine (C=N–C) groups is 1. The number of rotatable bonds is 4. The predicted octanol–water partition coefficient (Wildman–Crippen LogP) is 1.87. The van der Waals surface area contributed by atoms with Crippen molar-refractivity contribution in [3.8, 4) is 0 Å². The molecule has 2 atom stereocenters. The molecule has 4 fully saturated rings. The molecule has 0 radical (unpaired) electrons. The Morgan fingerprint density at radius 1 is 1.14 bits per heavy atom. The fourth-order valence-electron chi connectivity index (χ4n) is 5.92. The van der Waals surface area contributed by atoms with Crippen LogP contribution in [0.5, 0.6) is 0 Å². The monoisotopic (exact) mass is 406 g/mol.